The van der Waals surface area contributed by atoms with Gasteiger partial charge in [-0.3, -0.25) is 24.4 Å². The molecule has 2 aliphatic rings. The van der Waals surface area contributed by atoms with Crippen molar-refractivity contribution in [3.05, 3.63) is 0 Å². The van der Waals surface area contributed by atoms with Gasteiger partial charge in [0.05, 0.1) is 0 Å². The van der Waals surface area contributed by atoms with Gasteiger partial charge in [-0.25, -0.2) is 9.59 Å². The lowest BCUT2D eigenvalue weighted by Gasteiger charge is -2.53. The molecule has 2 fully saturated rings. The van der Waals surface area contributed by atoms with Gasteiger partial charge in [0.25, 0.3) is 17.5 Å². The van der Waals surface area contributed by atoms with Gasteiger partial charge in [0.1, 0.15) is 0 Å². The number of hydrogen-bond donors (Lipinski definition) is 0. The Hall–Kier alpha value is -1.87. The minimum absolute atomic E-state index is 0.489. The van der Waals surface area contributed by atoms with Crippen LogP contribution >= 0.6 is 0 Å². The highest BCUT2D eigenvalue weighted by Crippen LogP contribution is 2.47. The smallest absolute Gasteiger partial charge is 0.330 e. The lowest BCUT2D eigenvalue weighted by Crippen LogP contribution is -2.81. The van der Waals surface area contributed by atoms with Crippen LogP contribution < -0.4 is 0 Å². The van der Waals surface area contributed by atoms with Crippen molar-refractivity contribution in [2.75, 3.05) is 42.4 Å². The monoisotopic (exact) mass is 286 g/mol. The number of methoxy groups -OCH3 is 2. The lowest BCUT2D eigenvalue weighted by molar-refractivity contribution is -0.297. The number of rotatable bonds is 2. The van der Waals surface area contributed by atoms with Gasteiger partial charge in [-0.2, -0.15) is 0 Å². The summed E-state index contributed by atoms with van der Waals surface area (Å²) in [5.74, 6) is -2.32. The molecule has 0 aromatic carbocycles. The van der Waals surface area contributed by atoms with Crippen LogP contribution in [0.2, 0.25) is 0 Å². The highest BCUT2D eigenvalue weighted by atomic mass is 16.6. The van der Waals surface area contributed by atoms with Crippen molar-refractivity contribution >= 4 is 18.0 Å². The van der Waals surface area contributed by atoms with Crippen molar-refractivity contribution < 1.29 is 23.9 Å². The number of imide groups is 1. The molecule has 0 aromatic heterocycles. The van der Waals surface area contributed by atoms with Crippen molar-refractivity contribution in [2.24, 2.45) is 0 Å². The van der Waals surface area contributed by atoms with E-state index in [9.17, 15) is 14.4 Å². The predicted molar refractivity (Wildman–Crippen MR) is 66.3 cm³/mol. The molecule has 2 atom stereocenters. The summed E-state index contributed by atoms with van der Waals surface area (Å²) in [7, 11) is 8.28. The second kappa shape index (κ2) is 4.06. The van der Waals surface area contributed by atoms with Crippen molar-refractivity contribution in [2.45, 2.75) is 11.6 Å². The SMILES string of the molecule is CO[C@]12N(C)C(=O)N(C)C(=O)[C@]1(OC)N(C)C(=O)N2C. The molecule has 112 valence electrons. The standard InChI is InChI=1S/C11H18N4O5/c1-12-7(16)10(19-5)11(20-6,14(3)8(12)17)15(4)9(18)13(10)2/h1-6H3/t10-,11+/m1/s1. The third-order valence-electron chi connectivity index (χ3n) is 4.15. The van der Waals surface area contributed by atoms with Crippen molar-refractivity contribution in [3.63, 3.8) is 0 Å². The second-order valence-electron chi connectivity index (χ2n) is 4.77. The molecule has 0 N–H and O–H groups in total. The molecule has 20 heavy (non-hydrogen) atoms. The van der Waals surface area contributed by atoms with Gasteiger partial charge in [-0.05, 0) is 0 Å². The van der Waals surface area contributed by atoms with Crippen LogP contribution in [0, 0.1) is 0 Å². The van der Waals surface area contributed by atoms with E-state index in [0.29, 0.717) is 0 Å². The molecule has 0 spiro atoms. The quantitative estimate of drug-likeness (QED) is 0.660. The largest absolute Gasteiger partial charge is 0.345 e. The Morgan fingerprint density at radius 2 is 1.30 bits per heavy atom. The third kappa shape index (κ3) is 1.13. The van der Waals surface area contributed by atoms with Gasteiger partial charge >= 0.3 is 12.1 Å². The Morgan fingerprint density at radius 3 is 1.75 bits per heavy atom. The molecule has 9 nitrogen and oxygen atoms in total. The molecule has 2 aliphatic heterocycles. The van der Waals surface area contributed by atoms with E-state index in [2.05, 4.69) is 0 Å². The molecule has 0 aromatic rings. The summed E-state index contributed by atoms with van der Waals surface area (Å²) in [6, 6.07) is -1.07. The van der Waals surface area contributed by atoms with Crippen LogP contribution in [0.25, 0.3) is 0 Å². The number of carbonyl (C=O) groups excluding carboxylic acids is 3. The first-order valence-electron chi connectivity index (χ1n) is 5.91. The van der Waals surface area contributed by atoms with Crippen LogP contribution in [0.3, 0.4) is 0 Å². The molecule has 5 amide bonds. The molecule has 2 saturated heterocycles. The average Bonchev–Trinajstić information content (AvgIpc) is 2.62. The Morgan fingerprint density at radius 1 is 0.800 bits per heavy atom. The molecule has 0 bridgehead atoms. The fraction of sp³-hybridized carbons (Fsp3) is 0.727. The van der Waals surface area contributed by atoms with Gasteiger partial charge < -0.3 is 9.47 Å². The first kappa shape index (κ1) is 14.5. The Bertz CT molecular complexity index is 497. The van der Waals surface area contributed by atoms with Crippen LogP contribution in [0.4, 0.5) is 9.59 Å². The van der Waals surface area contributed by atoms with Crippen molar-refractivity contribution in [1.82, 2.24) is 19.6 Å². The number of ether oxygens (including phenoxy) is 2. The summed E-state index contributed by atoms with van der Waals surface area (Å²) in [4.78, 5) is 41.5. The average molecular weight is 286 g/mol. The number of carbonyl (C=O) groups is 3. The zero-order chi connectivity index (χ0) is 15.5. The molecule has 0 radical (unpaired) electrons. The predicted octanol–water partition coefficient (Wildman–Crippen LogP) is -0.850. The van der Waals surface area contributed by atoms with E-state index < -0.39 is 29.5 Å². The van der Waals surface area contributed by atoms with Crippen molar-refractivity contribution in [1.29, 1.82) is 0 Å². The lowest BCUT2D eigenvalue weighted by atomic mass is 10.0. The van der Waals surface area contributed by atoms with Gasteiger partial charge in [0.15, 0.2) is 0 Å². The number of nitrogens with zero attached hydrogens (tertiary/aromatic N) is 4. The van der Waals surface area contributed by atoms with Crippen LogP contribution in [0.15, 0.2) is 0 Å². The van der Waals surface area contributed by atoms with Gasteiger partial charge in [-0.15, -0.1) is 0 Å². The van der Waals surface area contributed by atoms with E-state index in [1.54, 1.807) is 0 Å². The van der Waals surface area contributed by atoms with Crippen LogP contribution in [-0.2, 0) is 14.3 Å². The summed E-state index contributed by atoms with van der Waals surface area (Å²) < 4.78 is 10.9. The summed E-state index contributed by atoms with van der Waals surface area (Å²) in [6.45, 7) is 0. The maximum atomic E-state index is 12.6. The molecule has 0 aliphatic carbocycles. The van der Waals surface area contributed by atoms with Crippen LogP contribution in [0.5, 0.6) is 0 Å². The number of hydrogen-bond acceptors (Lipinski definition) is 5. The molecule has 2 heterocycles. The maximum Gasteiger partial charge on any atom is 0.330 e. The van der Waals surface area contributed by atoms with Gasteiger partial charge in [0, 0.05) is 42.4 Å². The number of likely N-dealkylation sites (N-methyl/N-ethyl adjacent to an activating group) is 4. The fourth-order valence-electron chi connectivity index (χ4n) is 3.11. The minimum Gasteiger partial charge on any atom is -0.345 e. The summed E-state index contributed by atoms with van der Waals surface area (Å²) in [5.41, 5.74) is -1.76. The molecule has 9 heteroatoms. The zero-order valence-corrected chi connectivity index (χ0v) is 12.3. The van der Waals surface area contributed by atoms with Gasteiger partial charge in [0.2, 0.25) is 0 Å². The summed E-state index contributed by atoms with van der Waals surface area (Å²) >= 11 is 0. The maximum absolute atomic E-state index is 12.6. The van der Waals surface area contributed by atoms with Crippen LogP contribution in [0.1, 0.15) is 0 Å². The van der Waals surface area contributed by atoms with Crippen molar-refractivity contribution in [3.8, 4) is 0 Å². The number of fused-ring (bicyclic) bond motifs is 1. The highest BCUT2D eigenvalue weighted by molar-refractivity contribution is 6.06. The third-order valence-corrected chi connectivity index (χ3v) is 4.15. The highest BCUT2D eigenvalue weighted by Gasteiger charge is 2.78. The normalized spacial score (nSPS) is 34.2. The second-order valence-corrected chi connectivity index (χ2v) is 4.77. The summed E-state index contributed by atoms with van der Waals surface area (Å²) in [6.07, 6.45) is 0. The summed E-state index contributed by atoms with van der Waals surface area (Å²) in [5, 5.41) is 0. The molecule has 0 unspecified atom stereocenters. The van der Waals surface area contributed by atoms with Gasteiger partial charge in [-0.1, -0.05) is 0 Å². The Balaban J connectivity index is 2.80. The van der Waals surface area contributed by atoms with E-state index in [1.165, 1.54) is 52.2 Å². The first-order valence-corrected chi connectivity index (χ1v) is 5.91. The van der Waals surface area contributed by atoms with E-state index in [1.807, 2.05) is 0 Å². The van der Waals surface area contributed by atoms with E-state index in [4.69, 9.17) is 9.47 Å². The zero-order valence-electron chi connectivity index (χ0n) is 12.3. The topological polar surface area (TPSA) is 82.6 Å². The van der Waals surface area contributed by atoms with E-state index in [0.717, 1.165) is 9.80 Å². The fourth-order valence-corrected chi connectivity index (χ4v) is 3.11. The Kier molecular flexibility index (Phi) is 2.95. The van der Waals surface area contributed by atoms with E-state index in [-0.39, 0.29) is 0 Å². The molecule has 0 saturated carbocycles. The molecular weight excluding hydrogens is 268 g/mol. The number of amides is 5. The first-order chi connectivity index (χ1) is 9.23. The molecular formula is C11H18N4O5. The minimum atomic E-state index is -1.76. The number of urea groups is 2. The van der Waals surface area contributed by atoms with E-state index >= 15 is 0 Å². The van der Waals surface area contributed by atoms with Crippen LogP contribution in [-0.4, -0.2) is 91.6 Å². The molecule has 2 rings (SSSR count). The Labute approximate surface area is 116 Å².